The third-order valence-electron chi connectivity index (χ3n) is 2.15. The molecular weight excluding hydrogens is 213 g/mol. The standard InChI is InChI=1S/C12H9ClFN/c13-9-3-6-11(12(14)7-9)8-1-4-10(15)5-2-8/h1-7H,15H2. The van der Waals surface area contributed by atoms with Crippen molar-refractivity contribution in [2.75, 3.05) is 5.73 Å². The van der Waals surface area contributed by atoms with Crippen molar-refractivity contribution in [2.45, 2.75) is 0 Å². The lowest BCUT2D eigenvalue weighted by Crippen LogP contribution is -1.86. The Morgan fingerprint density at radius 3 is 2.27 bits per heavy atom. The van der Waals surface area contributed by atoms with Gasteiger partial charge in [-0.3, -0.25) is 0 Å². The number of benzene rings is 2. The van der Waals surface area contributed by atoms with E-state index in [1.807, 2.05) is 0 Å². The molecule has 0 radical (unpaired) electrons. The molecule has 3 heteroatoms. The highest BCUT2D eigenvalue weighted by atomic mass is 35.5. The van der Waals surface area contributed by atoms with E-state index in [2.05, 4.69) is 0 Å². The monoisotopic (exact) mass is 221 g/mol. The Hall–Kier alpha value is -1.54. The topological polar surface area (TPSA) is 26.0 Å². The molecule has 1 nitrogen and oxygen atoms in total. The van der Waals surface area contributed by atoms with E-state index in [-0.39, 0.29) is 5.82 Å². The number of nitrogens with two attached hydrogens (primary N) is 1. The second kappa shape index (κ2) is 3.91. The van der Waals surface area contributed by atoms with Crippen LogP contribution in [-0.2, 0) is 0 Å². The maximum atomic E-state index is 13.5. The van der Waals surface area contributed by atoms with E-state index in [9.17, 15) is 4.39 Å². The van der Waals surface area contributed by atoms with Gasteiger partial charge in [-0.05, 0) is 35.9 Å². The number of hydrogen-bond acceptors (Lipinski definition) is 1. The molecule has 0 unspecified atom stereocenters. The van der Waals surface area contributed by atoms with Gasteiger partial charge in [-0.1, -0.05) is 23.7 Å². The first-order valence-electron chi connectivity index (χ1n) is 4.48. The van der Waals surface area contributed by atoms with Crippen molar-refractivity contribution in [3.05, 3.63) is 53.3 Å². The fourth-order valence-electron chi connectivity index (χ4n) is 1.39. The number of nitrogen functional groups attached to an aromatic ring is 1. The van der Waals surface area contributed by atoms with E-state index in [4.69, 9.17) is 17.3 Å². The lowest BCUT2D eigenvalue weighted by Gasteiger charge is -2.04. The minimum atomic E-state index is -0.327. The quantitative estimate of drug-likeness (QED) is 0.730. The van der Waals surface area contributed by atoms with E-state index in [0.717, 1.165) is 5.56 Å². The Kier molecular flexibility index (Phi) is 2.60. The Bertz CT molecular complexity index is 479. The van der Waals surface area contributed by atoms with Gasteiger partial charge in [-0.15, -0.1) is 0 Å². The lowest BCUT2D eigenvalue weighted by molar-refractivity contribution is 0.631. The molecule has 0 aliphatic heterocycles. The third kappa shape index (κ3) is 2.10. The first kappa shape index (κ1) is 9.99. The predicted octanol–water partition coefficient (Wildman–Crippen LogP) is 3.73. The summed E-state index contributed by atoms with van der Waals surface area (Å²) in [6.45, 7) is 0. The maximum absolute atomic E-state index is 13.5. The van der Waals surface area contributed by atoms with Crippen LogP contribution in [0.5, 0.6) is 0 Å². The maximum Gasteiger partial charge on any atom is 0.132 e. The summed E-state index contributed by atoms with van der Waals surface area (Å²) >= 11 is 5.67. The molecule has 0 amide bonds. The van der Waals surface area contributed by atoms with Crippen LogP contribution in [0.25, 0.3) is 11.1 Å². The van der Waals surface area contributed by atoms with Crippen LogP contribution in [0.15, 0.2) is 42.5 Å². The average Bonchev–Trinajstić information content (AvgIpc) is 2.20. The van der Waals surface area contributed by atoms with Gasteiger partial charge in [0.1, 0.15) is 5.82 Å². The highest BCUT2D eigenvalue weighted by Gasteiger charge is 2.04. The molecule has 0 bridgehead atoms. The molecule has 15 heavy (non-hydrogen) atoms. The van der Waals surface area contributed by atoms with Crippen LogP contribution in [0.3, 0.4) is 0 Å². The molecule has 2 aromatic rings. The summed E-state index contributed by atoms with van der Waals surface area (Å²) in [5, 5.41) is 0.395. The van der Waals surface area contributed by atoms with Crippen LogP contribution in [0.1, 0.15) is 0 Å². The van der Waals surface area contributed by atoms with Crippen LogP contribution >= 0.6 is 11.6 Å². The Labute approximate surface area is 92.3 Å². The fraction of sp³-hybridized carbons (Fsp3) is 0. The zero-order valence-electron chi connectivity index (χ0n) is 7.87. The normalized spacial score (nSPS) is 10.3. The van der Waals surface area contributed by atoms with Gasteiger partial charge in [0.25, 0.3) is 0 Å². The van der Waals surface area contributed by atoms with Gasteiger partial charge in [0, 0.05) is 16.3 Å². The van der Waals surface area contributed by atoms with E-state index in [0.29, 0.717) is 16.3 Å². The van der Waals surface area contributed by atoms with Gasteiger partial charge in [-0.2, -0.15) is 0 Å². The Morgan fingerprint density at radius 1 is 1.00 bits per heavy atom. The van der Waals surface area contributed by atoms with Crippen LogP contribution in [-0.4, -0.2) is 0 Å². The molecule has 0 heterocycles. The van der Waals surface area contributed by atoms with Gasteiger partial charge in [0.15, 0.2) is 0 Å². The molecule has 0 saturated heterocycles. The summed E-state index contributed by atoms with van der Waals surface area (Å²) in [5.41, 5.74) is 7.53. The van der Waals surface area contributed by atoms with Crippen molar-refractivity contribution in [3.8, 4) is 11.1 Å². The molecule has 0 aromatic heterocycles. The van der Waals surface area contributed by atoms with Gasteiger partial charge in [0.2, 0.25) is 0 Å². The Morgan fingerprint density at radius 2 is 1.67 bits per heavy atom. The zero-order valence-corrected chi connectivity index (χ0v) is 8.63. The second-order valence-electron chi connectivity index (χ2n) is 3.25. The summed E-state index contributed by atoms with van der Waals surface area (Å²) in [5.74, 6) is -0.327. The molecule has 2 aromatic carbocycles. The first-order chi connectivity index (χ1) is 7.16. The van der Waals surface area contributed by atoms with Crippen molar-refractivity contribution >= 4 is 17.3 Å². The molecule has 0 saturated carbocycles. The molecule has 0 aliphatic carbocycles. The van der Waals surface area contributed by atoms with Gasteiger partial charge >= 0.3 is 0 Å². The van der Waals surface area contributed by atoms with E-state index >= 15 is 0 Å². The molecule has 0 atom stereocenters. The van der Waals surface area contributed by atoms with Crippen LogP contribution in [0.2, 0.25) is 5.02 Å². The summed E-state index contributed by atoms with van der Waals surface area (Å²) < 4.78 is 13.5. The minimum absolute atomic E-state index is 0.327. The minimum Gasteiger partial charge on any atom is -0.399 e. The first-order valence-corrected chi connectivity index (χ1v) is 4.85. The highest BCUT2D eigenvalue weighted by Crippen LogP contribution is 2.25. The highest BCUT2D eigenvalue weighted by molar-refractivity contribution is 6.30. The molecule has 0 spiro atoms. The number of anilines is 1. The SMILES string of the molecule is Nc1ccc(-c2ccc(Cl)cc2F)cc1. The van der Waals surface area contributed by atoms with E-state index in [1.165, 1.54) is 6.07 Å². The van der Waals surface area contributed by atoms with Gasteiger partial charge < -0.3 is 5.73 Å². The lowest BCUT2D eigenvalue weighted by atomic mass is 10.1. The molecular formula is C12H9ClFN. The Balaban J connectivity index is 2.49. The second-order valence-corrected chi connectivity index (χ2v) is 3.68. The number of rotatable bonds is 1. The molecule has 76 valence electrons. The molecule has 0 aliphatic rings. The molecule has 0 fully saturated rings. The summed E-state index contributed by atoms with van der Waals surface area (Å²) in [6.07, 6.45) is 0. The van der Waals surface area contributed by atoms with Gasteiger partial charge in [0.05, 0.1) is 0 Å². The van der Waals surface area contributed by atoms with Crippen LogP contribution in [0.4, 0.5) is 10.1 Å². The average molecular weight is 222 g/mol. The molecule has 2 N–H and O–H groups in total. The number of hydrogen-bond donors (Lipinski definition) is 1. The van der Waals surface area contributed by atoms with E-state index in [1.54, 1.807) is 36.4 Å². The van der Waals surface area contributed by atoms with E-state index < -0.39 is 0 Å². The van der Waals surface area contributed by atoms with Crippen LogP contribution < -0.4 is 5.73 Å². The third-order valence-corrected chi connectivity index (χ3v) is 2.39. The van der Waals surface area contributed by atoms with Crippen LogP contribution in [0, 0.1) is 5.82 Å². The van der Waals surface area contributed by atoms with Crippen molar-refractivity contribution < 1.29 is 4.39 Å². The molecule has 2 rings (SSSR count). The van der Waals surface area contributed by atoms with Crippen molar-refractivity contribution in [3.63, 3.8) is 0 Å². The predicted molar refractivity (Wildman–Crippen MR) is 61.3 cm³/mol. The van der Waals surface area contributed by atoms with Crippen molar-refractivity contribution in [1.29, 1.82) is 0 Å². The number of halogens is 2. The smallest absolute Gasteiger partial charge is 0.132 e. The summed E-state index contributed by atoms with van der Waals surface area (Å²) in [6, 6.07) is 11.7. The summed E-state index contributed by atoms with van der Waals surface area (Å²) in [7, 11) is 0. The van der Waals surface area contributed by atoms with Crippen molar-refractivity contribution in [2.24, 2.45) is 0 Å². The van der Waals surface area contributed by atoms with Gasteiger partial charge in [-0.25, -0.2) is 4.39 Å². The zero-order chi connectivity index (χ0) is 10.8. The summed E-state index contributed by atoms with van der Waals surface area (Å²) in [4.78, 5) is 0. The fourth-order valence-corrected chi connectivity index (χ4v) is 1.55. The van der Waals surface area contributed by atoms with Crippen molar-refractivity contribution in [1.82, 2.24) is 0 Å². The largest absolute Gasteiger partial charge is 0.399 e.